The van der Waals surface area contributed by atoms with Crippen molar-refractivity contribution in [2.75, 3.05) is 19.1 Å². The number of esters is 1. The molecule has 1 N–H and O–H groups in total. The summed E-state index contributed by atoms with van der Waals surface area (Å²) < 4.78 is 89.7. The maximum Gasteiger partial charge on any atom is 0.308 e. The number of aliphatic hydroxyl groups is 1. The monoisotopic (exact) mass is 794 g/mol. The molecular weight excluding hydrogens is 736 g/mol. The van der Waals surface area contributed by atoms with Gasteiger partial charge in [-0.2, -0.15) is 0 Å². The number of sulfone groups is 1. The summed E-state index contributed by atoms with van der Waals surface area (Å²) in [6, 6.07) is 0. The minimum atomic E-state index is -3.46. The maximum absolute atomic E-state index is 13.9. The first-order valence-corrected chi connectivity index (χ1v) is 22.5. The quantitative estimate of drug-likeness (QED) is 0.319. The molecule has 10 fully saturated rings. The van der Waals surface area contributed by atoms with Crippen LogP contribution in [0, 0.1) is 5.92 Å². The molecule has 0 aliphatic carbocycles. The van der Waals surface area contributed by atoms with Crippen molar-refractivity contribution < 1.29 is 65.7 Å². The van der Waals surface area contributed by atoms with Crippen molar-refractivity contribution in [3.8, 4) is 0 Å². The number of ether oxygens (including phenoxy) is 10. The third kappa shape index (κ3) is 7.63. The smallest absolute Gasteiger partial charge is 0.308 e. The van der Waals surface area contributed by atoms with E-state index < -0.39 is 76.2 Å². The van der Waals surface area contributed by atoms with Gasteiger partial charge >= 0.3 is 5.97 Å². The number of rotatable bonds is 5. The van der Waals surface area contributed by atoms with Crippen LogP contribution in [0.3, 0.4) is 0 Å². The molecule has 10 rings (SSSR count). The first-order valence-electron chi connectivity index (χ1n) is 20.5. The van der Waals surface area contributed by atoms with Crippen molar-refractivity contribution >= 4 is 15.8 Å². The highest BCUT2D eigenvalue weighted by Gasteiger charge is 2.68. The third-order valence-corrected chi connectivity index (χ3v) is 14.7. The molecule has 19 atom stereocenters. The van der Waals surface area contributed by atoms with Crippen LogP contribution in [0.2, 0.25) is 0 Å². The van der Waals surface area contributed by atoms with E-state index in [0.717, 1.165) is 49.5 Å². The Labute approximate surface area is 323 Å². The zero-order chi connectivity index (χ0) is 38.4. The molecule has 0 aromatic carbocycles. The summed E-state index contributed by atoms with van der Waals surface area (Å²) in [5, 5.41) is 10.8. The van der Waals surface area contributed by atoms with Crippen molar-refractivity contribution in [1.82, 2.24) is 0 Å². The third-order valence-electron chi connectivity index (χ3n) is 13.7. The van der Waals surface area contributed by atoms with Gasteiger partial charge in [-0.05, 0) is 62.0 Å². The number of hydrogen-bond donors (Lipinski definition) is 1. The summed E-state index contributed by atoms with van der Waals surface area (Å²) in [5.74, 6) is -1.54. The first kappa shape index (κ1) is 39.0. The van der Waals surface area contributed by atoms with Gasteiger partial charge in [-0.15, -0.1) is 0 Å². The van der Waals surface area contributed by atoms with Crippen LogP contribution in [-0.2, 0) is 62.0 Å². The molecule has 10 aliphatic heterocycles. The van der Waals surface area contributed by atoms with Crippen LogP contribution in [0.4, 0.5) is 0 Å². The van der Waals surface area contributed by atoms with Crippen molar-refractivity contribution in [1.29, 1.82) is 0 Å². The number of carbonyl (C=O) groups is 1. The number of fused-ring (bicyclic) bond motifs is 6. The van der Waals surface area contributed by atoms with Gasteiger partial charge in [0.1, 0.15) is 52.6 Å². The van der Waals surface area contributed by atoms with E-state index in [1.54, 1.807) is 0 Å². The molecule has 0 saturated carbocycles. The zero-order valence-corrected chi connectivity index (χ0v) is 33.0. The van der Waals surface area contributed by atoms with Crippen molar-refractivity contribution in [2.24, 2.45) is 5.92 Å². The van der Waals surface area contributed by atoms with Gasteiger partial charge in [-0.3, -0.25) is 4.79 Å². The molecule has 55 heavy (non-hydrogen) atoms. The second-order valence-corrected chi connectivity index (χ2v) is 20.0. The summed E-state index contributed by atoms with van der Waals surface area (Å²) in [6.45, 7) is 11.0. The lowest BCUT2D eigenvalue weighted by Crippen LogP contribution is -2.61. The first-order chi connectivity index (χ1) is 26.2. The van der Waals surface area contributed by atoms with Crippen molar-refractivity contribution in [2.45, 2.75) is 194 Å². The predicted octanol–water partition coefficient (Wildman–Crippen LogP) is 2.86. The Morgan fingerprint density at radius 3 is 2.33 bits per heavy atom. The largest absolute Gasteiger partial charge is 0.457 e. The zero-order valence-electron chi connectivity index (χ0n) is 32.2. The summed E-state index contributed by atoms with van der Waals surface area (Å²) in [5.41, 5.74) is 2.04. The van der Waals surface area contributed by atoms with E-state index in [9.17, 15) is 18.3 Å². The lowest BCUT2D eigenvalue weighted by Gasteiger charge is -2.47. The number of hydrogen-bond acceptors (Lipinski definition) is 14. The summed E-state index contributed by atoms with van der Waals surface area (Å²) >= 11 is 0. The lowest BCUT2D eigenvalue weighted by atomic mass is 9.84. The predicted molar refractivity (Wildman–Crippen MR) is 194 cm³/mol. The Kier molecular flexibility index (Phi) is 10.6. The molecule has 14 nitrogen and oxygen atoms in total. The molecule has 12 bridgehead atoms. The number of methoxy groups -OCH3 is 1. The molecular formula is C40H58O14S. The molecule has 10 saturated heterocycles. The molecule has 10 aliphatic rings. The van der Waals surface area contributed by atoms with Gasteiger partial charge in [0, 0.05) is 39.0 Å². The molecule has 0 aromatic heterocycles. The lowest BCUT2D eigenvalue weighted by molar-refractivity contribution is -0.293. The Balaban J connectivity index is 0.989. The average molecular weight is 795 g/mol. The molecule has 0 amide bonds. The summed E-state index contributed by atoms with van der Waals surface area (Å²) in [4.78, 5) is 13.9. The maximum atomic E-state index is 13.9. The number of aliphatic hydroxyl groups excluding tert-OH is 1. The fourth-order valence-corrected chi connectivity index (χ4v) is 11.9. The molecule has 1 spiro atoms. The summed E-state index contributed by atoms with van der Waals surface area (Å²) in [7, 11) is -1.95. The van der Waals surface area contributed by atoms with E-state index >= 15 is 0 Å². The standard InChI is InChI=1S/C40H58O14S/c1-19-12-23-6-8-26-20(2)13-25(46-26)10-11-40-17-31-36(53-40)37-38(51-31)39(54-40)34-27(50-37)9-7-24(48-34)15-32(42)52-35-30(16-28(47-23)21(19)3)49-29(33(35)45-4)14-22(41)18-55(5,43)44/h19,22-31,33-39,41H,2-3,6-18H2,1,4-5H3. The van der Waals surface area contributed by atoms with Gasteiger partial charge in [0.15, 0.2) is 11.9 Å². The van der Waals surface area contributed by atoms with Crippen LogP contribution in [0.1, 0.15) is 84.0 Å². The fraction of sp³-hybridized carbons (Fsp3) is 0.875. The second-order valence-electron chi connectivity index (χ2n) is 17.8. The Morgan fingerprint density at radius 1 is 0.800 bits per heavy atom. The van der Waals surface area contributed by atoms with E-state index in [0.29, 0.717) is 32.1 Å². The van der Waals surface area contributed by atoms with E-state index in [4.69, 9.17) is 47.4 Å². The van der Waals surface area contributed by atoms with Crippen molar-refractivity contribution in [3.05, 3.63) is 24.3 Å². The van der Waals surface area contributed by atoms with Crippen LogP contribution in [0.25, 0.3) is 0 Å². The van der Waals surface area contributed by atoms with Gasteiger partial charge in [0.05, 0.1) is 67.1 Å². The van der Waals surface area contributed by atoms with E-state index in [1.807, 2.05) is 0 Å². The molecule has 0 radical (unpaired) electrons. The fourth-order valence-electron chi connectivity index (χ4n) is 11.1. The highest BCUT2D eigenvalue weighted by molar-refractivity contribution is 7.90. The highest BCUT2D eigenvalue weighted by atomic mass is 32.2. The minimum absolute atomic E-state index is 0.00533. The van der Waals surface area contributed by atoms with Crippen LogP contribution in [0.15, 0.2) is 24.3 Å². The molecule has 308 valence electrons. The normalized spacial score (nSPS) is 50.3. The second kappa shape index (κ2) is 15.0. The molecule has 19 unspecified atom stereocenters. The van der Waals surface area contributed by atoms with Crippen LogP contribution < -0.4 is 0 Å². The molecule has 10 heterocycles. The average Bonchev–Trinajstić information content (AvgIpc) is 3.79. The molecule has 0 aromatic rings. The van der Waals surface area contributed by atoms with Gasteiger partial charge < -0.3 is 52.5 Å². The SMILES string of the molecule is C=C1CC2CCC34CC5OC6C(OC7CCC(CC(=O)OC8C(CC9OC(CCC1O2)CC(C)C9=C)OC(CC(O)CS(C)(=O)=O)C8OC)OC7C6O3)C5O4. The van der Waals surface area contributed by atoms with Crippen molar-refractivity contribution in [3.63, 3.8) is 0 Å². The molecule has 15 heteroatoms. The van der Waals surface area contributed by atoms with E-state index in [1.165, 1.54) is 7.11 Å². The van der Waals surface area contributed by atoms with Gasteiger partial charge in [-0.25, -0.2) is 8.42 Å². The Hall–Kier alpha value is -1.50. The van der Waals surface area contributed by atoms with E-state index in [-0.39, 0.29) is 73.7 Å². The van der Waals surface area contributed by atoms with Gasteiger partial charge in [0.25, 0.3) is 0 Å². The summed E-state index contributed by atoms with van der Waals surface area (Å²) in [6.07, 6.45) is 0.803. The highest BCUT2D eigenvalue weighted by Crippen LogP contribution is 2.54. The van der Waals surface area contributed by atoms with Gasteiger partial charge in [-0.1, -0.05) is 20.1 Å². The Morgan fingerprint density at radius 2 is 1.53 bits per heavy atom. The minimum Gasteiger partial charge on any atom is -0.457 e. The Bertz CT molecular complexity index is 1600. The van der Waals surface area contributed by atoms with Crippen LogP contribution >= 0.6 is 0 Å². The van der Waals surface area contributed by atoms with Crippen LogP contribution in [0.5, 0.6) is 0 Å². The van der Waals surface area contributed by atoms with Gasteiger partial charge in [0.2, 0.25) is 0 Å². The topological polar surface area (TPSA) is 164 Å². The number of carbonyl (C=O) groups excluding carboxylic acids is 1. The van der Waals surface area contributed by atoms with E-state index in [2.05, 4.69) is 20.1 Å². The van der Waals surface area contributed by atoms with Crippen LogP contribution in [-0.4, -0.2) is 148 Å².